The van der Waals surface area contributed by atoms with Crippen LogP contribution < -0.4 is 5.32 Å². The fourth-order valence-corrected chi connectivity index (χ4v) is 3.32. The number of Topliss-reactive ketones (excluding diaryl/α,β-unsaturated/α-hetero) is 1. The Morgan fingerprint density at radius 3 is 2.26 bits per heavy atom. The summed E-state index contributed by atoms with van der Waals surface area (Å²) >= 11 is 0. The van der Waals surface area contributed by atoms with Crippen molar-refractivity contribution in [3.05, 3.63) is 0 Å². The molecule has 4 nitrogen and oxygen atoms in total. The molecule has 1 aliphatic heterocycles. The van der Waals surface area contributed by atoms with Gasteiger partial charge < -0.3 is 5.32 Å². The molecule has 0 radical (unpaired) electrons. The summed E-state index contributed by atoms with van der Waals surface area (Å²) in [5, 5.41) is 3.30. The van der Waals surface area contributed by atoms with E-state index in [4.69, 9.17) is 0 Å². The average Bonchev–Trinajstić information content (AvgIpc) is 2.34. The first-order valence-corrected chi connectivity index (χ1v) is 8.82. The van der Waals surface area contributed by atoms with Crippen LogP contribution in [0, 0.1) is 5.92 Å². The number of hydrogen-bond acceptors (Lipinski definition) is 4. The van der Waals surface area contributed by atoms with Crippen LogP contribution in [0.5, 0.6) is 0 Å². The van der Waals surface area contributed by atoms with Crippen molar-refractivity contribution in [2.75, 3.05) is 18.8 Å². The number of rotatable bonds is 6. The van der Waals surface area contributed by atoms with Crippen LogP contribution in [0.3, 0.4) is 0 Å². The van der Waals surface area contributed by atoms with Crippen molar-refractivity contribution in [1.82, 2.24) is 5.32 Å². The molecule has 1 rings (SSSR count). The molecule has 0 aromatic rings. The van der Waals surface area contributed by atoms with Crippen molar-refractivity contribution >= 4 is 15.6 Å². The normalized spacial score (nSPS) is 18.5. The molecule has 0 spiro atoms. The van der Waals surface area contributed by atoms with Crippen molar-refractivity contribution in [2.24, 2.45) is 5.92 Å². The summed E-state index contributed by atoms with van der Waals surface area (Å²) in [7, 11) is -3.17. The van der Waals surface area contributed by atoms with Crippen LogP contribution in [0.4, 0.5) is 0 Å². The van der Waals surface area contributed by atoms with Gasteiger partial charge >= 0.3 is 0 Å². The van der Waals surface area contributed by atoms with Crippen LogP contribution in [0.2, 0.25) is 0 Å². The Balaban J connectivity index is 2.28. The SMILES string of the molecule is CC(C)(C)S(=O)(=O)CCC(=O)CCC1CCNCC1. The fraction of sp³-hybridized carbons (Fsp3) is 0.929. The van der Waals surface area contributed by atoms with Gasteiger partial charge in [-0.1, -0.05) is 0 Å². The van der Waals surface area contributed by atoms with Gasteiger partial charge in [0.25, 0.3) is 0 Å². The zero-order chi connectivity index (χ0) is 14.5. The van der Waals surface area contributed by atoms with E-state index in [1.54, 1.807) is 20.8 Å². The lowest BCUT2D eigenvalue weighted by molar-refractivity contribution is -0.119. The van der Waals surface area contributed by atoms with Crippen LogP contribution in [-0.4, -0.2) is 37.8 Å². The van der Waals surface area contributed by atoms with Gasteiger partial charge in [0.15, 0.2) is 9.84 Å². The maximum Gasteiger partial charge on any atom is 0.155 e. The molecule has 0 aliphatic carbocycles. The smallest absolute Gasteiger partial charge is 0.155 e. The second-order valence-corrected chi connectivity index (χ2v) is 9.31. The number of carbonyl (C=O) groups excluding carboxylic acids is 1. The maximum atomic E-state index is 11.9. The Labute approximate surface area is 117 Å². The van der Waals surface area contributed by atoms with Crippen molar-refractivity contribution in [3.8, 4) is 0 Å². The lowest BCUT2D eigenvalue weighted by Gasteiger charge is -2.22. The van der Waals surface area contributed by atoms with Crippen LogP contribution in [0.1, 0.15) is 52.9 Å². The Morgan fingerprint density at radius 2 is 1.74 bits per heavy atom. The predicted molar refractivity (Wildman–Crippen MR) is 78.0 cm³/mol. The van der Waals surface area contributed by atoms with E-state index in [1.165, 1.54) is 0 Å². The summed E-state index contributed by atoms with van der Waals surface area (Å²) in [4.78, 5) is 11.8. The molecule has 1 fully saturated rings. The summed E-state index contributed by atoms with van der Waals surface area (Å²) < 4.78 is 23.0. The highest BCUT2D eigenvalue weighted by molar-refractivity contribution is 7.92. The highest BCUT2D eigenvalue weighted by Crippen LogP contribution is 2.20. The molecule has 1 N–H and O–H groups in total. The van der Waals surface area contributed by atoms with E-state index in [-0.39, 0.29) is 18.0 Å². The van der Waals surface area contributed by atoms with Gasteiger partial charge in [-0.2, -0.15) is 0 Å². The number of piperidine rings is 1. The zero-order valence-electron chi connectivity index (χ0n) is 12.4. The quantitative estimate of drug-likeness (QED) is 0.811. The molecule has 0 unspecified atom stereocenters. The molecular formula is C14H27NO3S. The first-order valence-electron chi connectivity index (χ1n) is 7.17. The van der Waals surface area contributed by atoms with E-state index >= 15 is 0 Å². The Morgan fingerprint density at radius 1 is 1.16 bits per heavy atom. The predicted octanol–water partition coefficient (Wildman–Crippen LogP) is 1.94. The minimum Gasteiger partial charge on any atom is -0.317 e. The number of ketones is 1. The molecule has 1 saturated heterocycles. The zero-order valence-corrected chi connectivity index (χ0v) is 13.2. The highest BCUT2D eigenvalue weighted by atomic mass is 32.2. The molecular weight excluding hydrogens is 262 g/mol. The van der Waals surface area contributed by atoms with Crippen molar-refractivity contribution in [1.29, 1.82) is 0 Å². The number of carbonyl (C=O) groups is 1. The molecule has 0 atom stereocenters. The van der Waals surface area contributed by atoms with Gasteiger partial charge in [-0.3, -0.25) is 4.79 Å². The van der Waals surface area contributed by atoms with Gasteiger partial charge in [0, 0.05) is 12.8 Å². The monoisotopic (exact) mass is 289 g/mol. The van der Waals surface area contributed by atoms with E-state index in [9.17, 15) is 13.2 Å². The van der Waals surface area contributed by atoms with Crippen LogP contribution in [-0.2, 0) is 14.6 Å². The third-order valence-corrected chi connectivity index (χ3v) is 6.48. The third kappa shape index (κ3) is 5.61. The van der Waals surface area contributed by atoms with Crippen LogP contribution >= 0.6 is 0 Å². The summed E-state index contributed by atoms with van der Waals surface area (Å²) in [6.07, 6.45) is 3.88. The standard InChI is InChI=1S/C14H27NO3S/c1-14(2,3)19(17,18)11-8-13(16)5-4-12-6-9-15-10-7-12/h12,15H,4-11H2,1-3H3. The van der Waals surface area contributed by atoms with Crippen molar-refractivity contribution < 1.29 is 13.2 Å². The van der Waals surface area contributed by atoms with Crippen LogP contribution in [0.25, 0.3) is 0 Å². The molecule has 112 valence electrons. The molecule has 0 aromatic heterocycles. The summed E-state index contributed by atoms with van der Waals surface area (Å²) in [6.45, 7) is 7.13. The average molecular weight is 289 g/mol. The third-order valence-electron chi connectivity index (χ3n) is 3.87. The second-order valence-electron chi connectivity index (χ2n) is 6.45. The van der Waals surface area contributed by atoms with E-state index in [2.05, 4.69) is 5.32 Å². The van der Waals surface area contributed by atoms with E-state index in [1.807, 2.05) is 0 Å². The number of hydrogen-bond donors (Lipinski definition) is 1. The topological polar surface area (TPSA) is 63.2 Å². The minimum atomic E-state index is -3.17. The molecule has 1 aliphatic rings. The van der Waals surface area contributed by atoms with Gasteiger partial charge in [-0.25, -0.2) is 8.42 Å². The van der Waals surface area contributed by atoms with Gasteiger partial charge in [-0.15, -0.1) is 0 Å². The summed E-state index contributed by atoms with van der Waals surface area (Å²) in [6, 6.07) is 0. The molecule has 0 saturated carbocycles. The summed E-state index contributed by atoms with van der Waals surface area (Å²) in [5.41, 5.74) is 0. The molecule has 0 bridgehead atoms. The van der Waals surface area contributed by atoms with Gasteiger partial charge in [0.1, 0.15) is 5.78 Å². The van der Waals surface area contributed by atoms with Crippen LogP contribution in [0.15, 0.2) is 0 Å². The van der Waals surface area contributed by atoms with Crippen molar-refractivity contribution in [2.45, 2.75) is 57.6 Å². The highest BCUT2D eigenvalue weighted by Gasteiger charge is 2.29. The first-order chi connectivity index (χ1) is 8.72. The van der Waals surface area contributed by atoms with Gasteiger partial charge in [0.2, 0.25) is 0 Å². The maximum absolute atomic E-state index is 11.9. The van der Waals surface area contributed by atoms with E-state index in [0.29, 0.717) is 12.3 Å². The lowest BCUT2D eigenvalue weighted by Crippen LogP contribution is -2.31. The van der Waals surface area contributed by atoms with E-state index in [0.717, 1.165) is 32.4 Å². The second kappa shape index (κ2) is 6.84. The fourth-order valence-electron chi connectivity index (χ4n) is 2.21. The first kappa shape index (κ1) is 16.6. The number of sulfone groups is 1. The van der Waals surface area contributed by atoms with Gasteiger partial charge in [-0.05, 0) is 59.0 Å². The molecule has 5 heteroatoms. The molecule has 0 amide bonds. The largest absolute Gasteiger partial charge is 0.317 e. The molecule has 19 heavy (non-hydrogen) atoms. The van der Waals surface area contributed by atoms with E-state index < -0.39 is 14.6 Å². The minimum absolute atomic E-state index is 0.0123. The molecule has 0 aromatic carbocycles. The lowest BCUT2D eigenvalue weighted by atomic mass is 9.92. The Hall–Kier alpha value is -0.420. The van der Waals surface area contributed by atoms with Crippen molar-refractivity contribution in [3.63, 3.8) is 0 Å². The Bertz CT molecular complexity index is 389. The Kier molecular flexibility index (Phi) is 5.99. The summed E-state index contributed by atoms with van der Waals surface area (Å²) in [5.74, 6) is 0.706. The molecule has 1 heterocycles. The number of nitrogens with one attached hydrogen (secondary N) is 1. The van der Waals surface area contributed by atoms with Gasteiger partial charge in [0.05, 0.1) is 10.5 Å².